The summed E-state index contributed by atoms with van der Waals surface area (Å²) in [4.78, 5) is 0. The number of nitrogens with one attached hydrogen (secondary N) is 1. The van der Waals surface area contributed by atoms with E-state index in [0.29, 0.717) is 0 Å². The Kier molecular flexibility index (Phi) is 2.90. The van der Waals surface area contributed by atoms with E-state index < -0.39 is 0 Å². The largest absolute Gasteiger partial charge is 0.302 e. The zero-order valence-corrected chi connectivity index (χ0v) is 7.30. The summed E-state index contributed by atoms with van der Waals surface area (Å²) in [6.45, 7) is 5.50. The highest BCUT2D eigenvalue weighted by atomic mass is 14.9. The van der Waals surface area contributed by atoms with Crippen LogP contribution in [0.1, 0.15) is 26.7 Å². The van der Waals surface area contributed by atoms with E-state index in [1.165, 1.54) is 6.42 Å². The average molecular weight is 152 g/mol. The van der Waals surface area contributed by atoms with E-state index >= 15 is 0 Å². The first kappa shape index (κ1) is 8.55. The van der Waals surface area contributed by atoms with Gasteiger partial charge in [-0.25, -0.2) is 0 Å². The van der Waals surface area contributed by atoms with Gasteiger partial charge in [0, 0.05) is 0 Å². The summed E-state index contributed by atoms with van der Waals surface area (Å²) < 4.78 is 0. The minimum absolute atomic E-state index is 0.108. The monoisotopic (exact) mass is 152 g/mol. The van der Waals surface area contributed by atoms with Gasteiger partial charge in [-0.2, -0.15) is 5.26 Å². The van der Waals surface area contributed by atoms with Crippen LogP contribution < -0.4 is 5.32 Å². The summed E-state index contributed by atoms with van der Waals surface area (Å²) in [6, 6.07) is 2.39. The van der Waals surface area contributed by atoms with Gasteiger partial charge in [0.05, 0.1) is 12.1 Å². The molecule has 0 amide bonds. The van der Waals surface area contributed by atoms with Crippen LogP contribution in [-0.2, 0) is 0 Å². The molecule has 0 aliphatic carbocycles. The van der Waals surface area contributed by atoms with Crippen molar-refractivity contribution in [1.29, 1.82) is 5.26 Å². The standard InChI is InChI=1S/C9H16N2/c1-7(2)8-3-4-11-9(5-8)6-10/h7-9,11H,3-5H2,1-2H3. The molecule has 0 aromatic rings. The lowest BCUT2D eigenvalue weighted by Crippen LogP contribution is -2.38. The topological polar surface area (TPSA) is 35.8 Å². The molecule has 0 aromatic carbocycles. The van der Waals surface area contributed by atoms with Crippen LogP contribution in [0.5, 0.6) is 0 Å². The maximum absolute atomic E-state index is 8.68. The zero-order valence-electron chi connectivity index (χ0n) is 7.30. The fourth-order valence-electron chi connectivity index (χ4n) is 1.65. The molecule has 2 atom stereocenters. The van der Waals surface area contributed by atoms with E-state index in [4.69, 9.17) is 5.26 Å². The van der Waals surface area contributed by atoms with Crippen LogP contribution >= 0.6 is 0 Å². The molecule has 2 nitrogen and oxygen atoms in total. The van der Waals surface area contributed by atoms with Gasteiger partial charge < -0.3 is 5.32 Å². The van der Waals surface area contributed by atoms with E-state index in [-0.39, 0.29) is 6.04 Å². The molecular formula is C9H16N2. The number of piperidine rings is 1. The van der Waals surface area contributed by atoms with Crippen molar-refractivity contribution < 1.29 is 0 Å². The molecule has 1 rings (SSSR count). The second-order valence-corrected chi connectivity index (χ2v) is 3.66. The molecule has 2 heteroatoms. The first-order valence-electron chi connectivity index (χ1n) is 4.37. The van der Waals surface area contributed by atoms with Crippen molar-refractivity contribution in [3.05, 3.63) is 0 Å². The third-order valence-corrected chi connectivity index (χ3v) is 2.54. The molecule has 1 heterocycles. The Bertz CT molecular complexity index is 157. The van der Waals surface area contributed by atoms with E-state index in [1.807, 2.05) is 0 Å². The highest BCUT2D eigenvalue weighted by Crippen LogP contribution is 2.23. The summed E-state index contributed by atoms with van der Waals surface area (Å²) >= 11 is 0. The van der Waals surface area contributed by atoms with Crippen LogP contribution in [-0.4, -0.2) is 12.6 Å². The average Bonchev–Trinajstić information content (AvgIpc) is 2.05. The predicted octanol–water partition coefficient (Wildman–Crippen LogP) is 1.53. The molecule has 0 aromatic heterocycles. The van der Waals surface area contributed by atoms with Gasteiger partial charge in [-0.3, -0.25) is 0 Å². The van der Waals surface area contributed by atoms with E-state index in [1.54, 1.807) is 0 Å². The van der Waals surface area contributed by atoms with Gasteiger partial charge in [-0.1, -0.05) is 13.8 Å². The number of rotatable bonds is 1. The fraction of sp³-hybridized carbons (Fsp3) is 0.889. The summed E-state index contributed by atoms with van der Waals surface area (Å²) in [5.41, 5.74) is 0. The van der Waals surface area contributed by atoms with Crippen molar-refractivity contribution in [2.45, 2.75) is 32.7 Å². The van der Waals surface area contributed by atoms with Crippen molar-refractivity contribution in [3.8, 4) is 6.07 Å². The van der Waals surface area contributed by atoms with Crippen LogP contribution in [0.3, 0.4) is 0 Å². The normalized spacial score (nSPS) is 31.8. The fourth-order valence-corrected chi connectivity index (χ4v) is 1.65. The molecule has 1 N–H and O–H groups in total. The second-order valence-electron chi connectivity index (χ2n) is 3.66. The Morgan fingerprint density at radius 2 is 2.27 bits per heavy atom. The van der Waals surface area contributed by atoms with Crippen LogP contribution in [0.15, 0.2) is 0 Å². The number of hydrogen-bond acceptors (Lipinski definition) is 2. The molecule has 2 unspecified atom stereocenters. The first-order chi connectivity index (χ1) is 5.24. The Balaban J connectivity index is 2.41. The van der Waals surface area contributed by atoms with Gasteiger partial charge in [-0.05, 0) is 31.2 Å². The summed E-state index contributed by atoms with van der Waals surface area (Å²) in [5, 5.41) is 11.9. The maximum Gasteiger partial charge on any atom is 0.0955 e. The molecule has 62 valence electrons. The molecular weight excluding hydrogens is 136 g/mol. The highest BCUT2D eigenvalue weighted by Gasteiger charge is 2.22. The Morgan fingerprint density at radius 1 is 1.55 bits per heavy atom. The molecule has 0 saturated carbocycles. The lowest BCUT2D eigenvalue weighted by Gasteiger charge is -2.28. The van der Waals surface area contributed by atoms with Gasteiger partial charge in [0.1, 0.15) is 0 Å². The van der Waals surface area contributed by atoms with E-state index in [9.17, 15) is 0 Å². The first-order valence-corrected chi connectivity index (χ1v) is 4.37. The minimum Gasteiger partial charge on any atom is -0.302 e. The number of nitriles is 1. The van der Waals surface area contributed by atoms with Crippen molar-refractivity contribution in [1.82, 2.24) is 5.32 Å². The Labute approximate surface area is 68.6 Å². The molecule has 11 heavy (non-hydrogen) atoms. The lowest BCUT2D eigenvalue weighted by atomic mass is 9.84. The van der Waals surface area contributed by atoms with Gasteiger partial charge in [0.2, 0.25) is 0 Å². The molecule has 0 radical (unpaired) electrons. The smallest absolute Gasteiger partial charge is 0.0955 e. The molecule has 1 aliphatic heterocycles. The van der Waals surface area contributed by atoms with E-state index in [0.717, 1.165) is 24.8 Å². The summed E-state index contributed by atoms with van der Waals surface area (Å²) in [7, 11) is 0. The predicted molar refractivity (Wildman–Crippen MR) is 45.0 cm³/mol. The number of hydrogen-bond donors (Lipinski definition) is 1. The zero-order chi connectivity index (χ0) is 8.27. The van der Waals surface area contributed by atoms with Crippen LogP contribution in [0.25, 0.3) is 0 Å². The maximum atomic E-state index is 8.68. The second kappa shape index (κ2) is 3.73. The van der Waals surface area contributed by atoms with E-state index in [2.05, 4.69) is 25.2 Å². The van der Waals surface area contributed by atoms with Crippen molar-refractivity contribution in [2.75, 3.05) is 6.54 Å². The van der Waals surface area contributed by atoms with Crippen LogP contribution in [0.2, 0.25) is 0 Å². The summed E-state index contributed by atoms with van der Waals surface area (Å²) in [6.07, 6.45) is 2.27. The quantitative estimate of drug-likeness (QED) is 0.618. The van der Waals surface area contributed by atoms with Crippen LogP contribution in [0, 0.1) is 23.2 Å². The molecule has 1 fully saturated rings. The van der Waals surface area contributed by atoms with Crippen molar-refractivity contribution in [2.24, 2.45) is 11.8 Å². The van der Waals surface area contributed by atoms with Crippen molar-refractivity contribution >= 4 is 0 Å². The minimum atomic E-state index is 0.108. The van der Waals surface area contributed by atoms with Gasteiger partial charge in [0.25, 0.3) is 0 Å². The molecule has 0 bridgehead atoms. The van der Waals surface area contributed by atoms with Gasteiger partial charge in [-0.15, -0.1) is 0 Å². The van der Waals surface area contributed by atoms with Gasteiger partial charge in [0.15, 0.2) is 0 Å². The third kappa shape index (κ3) is 2.20. The number of nitrogens with zero attached hydrogens (tertiary/aromatic N) is 1. The molecule has 1 aliphatic rings. The Hall–Kier alpha value is -0.550. The van der Waals surface area contributed by atoms with Crippen molar-refractivity contribution in [3.63, 3.8) is 0 Å². The van der Waals surface area contributed by atoms with Crippen LogP contribution in [0.4, 0.5) is 0 Å². The highest BCUT2D eigenvalue weighted by molar-refractivity contribution is 4.94. The molecule has 1 saturated heterocycles. The Morgan fingerprint density at radius 3 is 2.82 bits per heavy atom. The van der Waals surface area contributed by atoms with Gasteiger partial charge >= 0.3 is 0 Å². The third-order valence-electron chi connectivity index (χ3n) is 2.54. The lowest BCUT2D eigenvalue weighted by molar-refractivity contribution is 0.267. The summed E-state index contributed by atoms with van der Waals surface area (Å²) in [5.74, 6) is 1.48. The SMILES string of the molecule is CC(C)C1CCNC(C#N)C1. The molecule has 0 spiro atoms.